The Labute approximate surface area is 389 Å². The molecule has 0 spiro atoms. The fourth-order valence-corrected chi connectivity index (χ4v) is 9.28. The number of aromatic nitrogens is 4. The fraction of sp³-hybridized carbons (Fsp3) is 0. The lowest BCUT2D eigenvalue weighted by molar-refractivity contribution is 0.989. The van der Waals surface area contributed by atoms with E-state index in [4.69, 9.17) is 15.0 Å². The van der Waals surface area contributed by atoms with Gasteiger partial charge in [-0.25, -0.2) is 0 Å². The number of para-hydroxylation sites is 3. The molecule has 10 aromatic carbocycles. The van der Waals surface area contributed by atoms with Gasteiger partial charge in [0.1, 0.15) is 0 Å². The minimum absolute atomic E-state index is 0.478. The summed E-state index contributed by atoms with van der Waals surface area (Å²) in [5.74, 6) is 1.49. The summed E-state index contributed by atoms with van der Waals surface area (Å²) in [5.41, 5.74) is 12.2. The molecule has 0 amide bonds. The lowest BCUT2D eigenvalue weighted by Gasteiger charge is -2.27. The van der Waals surface area contributed by atoms with Crippen molar-refractivity contribution in [2.45, 2.75) is 0 Å². The minimum Gasteiger partial charge on any atom is -0.309 e. The monoisotopic (exact) mass is 858 g/mol. The number of hydrogen-bond acceptors (Lipinski definition) is 5. The molecule has 6 heteroatoms. The molecule has 0 N–H and O–H groups in total. The quantitative estimate of drug-likeness (QED) is 0.137. The van der Waals surface area contributed by atoms with Crippen LogP contribution in [-0.4, -0.2) is 19.5 Å². The first kappa shape index (κ1) is 39.5. The van der Waals surface area contributed by atoms with E-state index in [1.807, 2.05) is 24.3 Å². The first-order valence-corrected chi connectivity index (χ1v) is 22.5. The first-order chi connectivity index (χ1) is 33.2. The van der Waals surface area contributed by atoms with Crippen LogP contribution in [0.4, 0.5) is 34.6 Å². The third-order valence-corrected chi connectivity index (χ3v) is 12.4. The van der Waals surface area contributed by atoms with Crippen molar-refractivity contribution in [2.24, 2.45) is 0 Å². The van der Waals surface area contributed by atoms with E-state index in [-0.39, 0.29) is 0 Å². The Bertz CT molecular complexity index is 3550. The summed E-state index contributed by atoms with van der Waals surface area (Å²) in [7, 11) is 0. The van der Waals surface area contributed by atoms with Crippen molar-refractivity contribution in [1.82, 2.24) is 19.5 Å². The maximum Gasteiger partial charge on any atom is 0.240 e. The van der Waals surface area contributed by atoms with Crippen LogP contribution in [0, 0.1) is 0 Å². The van der Waals surface area contributed by atoms with Crippen LogP contribution in [0.2, 0.25) is 0 Å². The SMILES string of the molecule is c1ccc(-c2cccc(N(c3ccccc3)c3nc(-c4ccc5c6ccccc6n(-c6cccc7ccccc67)c5c4)nc(N(c4ccccc4)c4cccc(-c5ccccc5)c4)n3)c2)cc1. The van der Waals surface area contributed by atoms with Crippen molar-refractivity contribution < 1.29 is 0 Å². The standard InChI is InChI=1S/C61H42N6/c1-5-20-43(21-6-1)46-26-17-32-51(40-46)65(49-28-9-3-10-29-49)60-62-59(63-61(64-60)66(50-30-11-4-12-31-50)52-33-18-27-47(41-52)44-22-7-2-8-23-44)48-38-39-55-54-35-15-16-36-57(54)67(58(55)42-48)56-37-19-25-45-24-13-14-34-53(45)56/h1-42H. The summed E-state index contributed by atoms with van der Waals surface area (Å²) >= 11 is 0. The van der Waals surface area contributed by atoms with Gasteiger partial charge >= 0.3 is 0 Å². The molecule has 67 heavy (non-hydrogen) atoms. The van der Waals surface area contributed by atoms with Crippen LogP contribution in [-0.2, 0) is 0 Å². The Morgan fingerprint density at radius 2 is 0.731 bits per heavy atom. The molecule has 0 bridgehead atoms. The van der Waals surface area contributed by atoms with Crippen LogP contribution in [0.5, 0.6) is 0 Å². The summed E-state index contributed by atoms with van der Waals surface area (Å²) in [5, 5.41) is 4.68. The van der Waals surface area contributed by atoms with Gasteiger partial charge in [0.05, 0.1) is 16.7 Å². The predicted octanol–water partition coefficient (Wildman–Crippen LogP) is 16.1. The number of hydrogen-bond donors (Lipinski definition) is 0. The summed E-state index contributed by atoms with van der Waals surface area (Å²) in [6, 6.07) is 89.1. The zero-order valence-corrected chi connectivity index (χ0v) is 36.4. The van der Waals surface area contributed by atoms with E-state index in [9.17, 15) is 0 Å². The molecule has 0 saturated carbocycles. The molecule has 6 nitrogen and oxygen atoms in total. The first-order valence-electron chi connectivity index (χ1n) is 22.5. The maximum atomic E-state index is 5.49. The lowest BCUT2D eigenvalue weighted by atomic mass is 10.0. The van der Waals surface area contributed by atoms with Crippen LogP contribution in [0.1, 0.15) is 0 Å². The van der Waals surface area contributed by atoms with Gasteiger partial charge in [-0.05, 0) is 94.4 Å². The fourth-order valence-electron chi connectivity index (χ4n) is 9.28. The second-order valence-electron chi connectivity index (χ2n) is 16.5. The number of fused-ring (bicyclic) bond motifs is 4. The van der Waals surface area contributed by atoms with E-state index < -0.39 is 0 Å². The van der Waals surface area contributed by atoms with Gasteiger partial charge in [-0.1, -0.05) is 188 Å². The van der Waals surface area contributed by atoms with E-state index in [2.05, 4.69) is 245 Å². The van der Waals surface area contributed by atoms with Crippen molar-refractivity contribution >= 4 is 67.2 Å². The van der Waals surface area contributed by atoms with E-state index in [1.165, 1.54) is 16.2 Å². The third-order valence-electron chi connectivity index (χ3n) is 12.4. The normalized spacial score (nSPS) is 11.3. The van der Waals surface area contributed by atoms with E-state index in [1.54, 1.807) is 0 Å². The smallest absolute Gasteiger partial charge is 0.240 e. The highest BCUT2D eigenvalue weighted by Crippen LogP contribution is 2.41. The average Bonchev–Trinajstić information content (AvgIpc) is 3.73. The molecular weight excluding hydrogens is 817 g/mol. The molecule has 0 fully saturated rings. The van der Waals surface area contributed by atoms with Gasteiger partial charge in [0.15, 0.2) is 5.82 Å². The van der Waals surface area contributed by atoms with Crippen molar-refractivity contribution in [3.63, 3.8) is 0 Å². The van der Waals surface area contributed by atoms with Gasteiger partial charge < -0.3 is 4.57 Å². The topological polar surface area (TPSA) is 50.1 Å². The highest BCUT2D eigenvalue weighted by molar-refractivity contribution is 6.11. The molecule has 0 radical (unpaired) electrons. The Balaban J connectivity index is 1.12. The van der Waals surface area contributed by atoms with Gasteiger partial charge in [-0.15, -0.1) is 0 Å². The zero-order chi connectivity index (χ0) is 44.5. The number of anilines is 6. The highest BCUT2D eigenvalue weighted by atomic mass is 15.3. The van der Waals surface area contributed by atoms with Crippen LogP contribution in [0.15, 0.2) is 255 Å². The molecule has 2 aromatic heterocycles. The molecule has 12 aromatic rings. The summed E-state index contributed by atoms with van der Waals surface area (Å²) in [6.45, 7) is 0. The molecule has 0 aliphatic heterocycles. The van der Waals surface area contributed by atoms with E-state index in [0.717, 1.165) is 72.7 Å². The predicted molar refractivity (Wildman–Crippen MR) is 277 cm³/mol. The Morgan fingerprint density at radius 3 is 1.33 bits per heavy atom. The summed E-state index contributed by atoms with van der Waals surface area (Å²) in [6.07, 6.45) is 0. The van der Waals surface area contributed by atoms with Crippen molar-refractivity contribution in [1.29, 1.82) is 0 Å². The lowest BCUT2D eigenvalue weighted by Crippen LogP contribution is -2.19. The van der Waals surface area contributed by atoms with Gasteiger partial charge in [0, 0.05) is 44.5 Å². The Hall–Kier alpha value is -9.13. The zero-order valence-electron chi connectivity index (χ0n) is 36.4. The molecule has 0 aliphatic rings. The Kier molecular flexibility index (Phi) is 10.1. The van der Waals surface area contributed by atoms with Crippen molar-refractivity contribution in [3.05, 3.63) is 255 Å². The summed E-state index contributed by atoms with van der Waals surface area (Å²) < 4.78 is 2.39. The molecular formula is C61H42N6. The second-order valence-corrected chi connectivity index (χ2v) is 16.5. The summed E-state index contributed by atoms with van der Waals surface area (Å²) in [4.78, 5) is 20.7. The molecule has 316 valence electrons. The molecule has 0 saturated heterocycles. The maximum absolute atomic E-state index is 5.49. The highest BCUT2D eigenvalue weighted by Gasteiger charge is 2.25. The van der Waals surface area contributed by atoms with Crippen molar-refractivity contribution in [3.8, 4) is 39.3 Å². The molecule has 0 unspecified atom stereocenters. The average molecular weight is 859 g/mol. The van der Waals surface area contributed by atoms with E-state index in [0.29, 0.717) is 17.7 Å². The molecule has 0 aliphatic carbocycles. The molecule has 2 heterocycles. The van der Waals surface area contributed by atoms with Gasteiger partial charge in [0.25, 0.3) is 0 Å². The van der Waals surface area contributed by atoms with Crippen LogP contribution in [0.25, 0.3) is 71.9 Å². The molecule has 12 rings (SSSR count). The third kappa shape index (κ3) is 7.42. The van der Waals surface area contributed by atoms with Crippen molar-refractivity contribution in [2.75, 3.05) is 9.80 Å². The van der Waals surface area contributed by atoms with E-state index >= 15 is 0 Å². The number of benzene rings is 10. The number of rotatable bonds is 10. The largest absolute Gasteiger partial charge is 0.309 e. The Morgan fingerprint density at radius 1 is 0.284 bits per heavy atom. The van der Waals surface area contributed by atoms with Gasteiger partial charge in [-0.2, -0.15) is 15.0 Å². The van der Waals surface area contributed by atoms with Gasteiger partial charge in [0.2, 0.25) is 11.9 Å². The molecule has 0 atom stereocenters. The van der Waals surface area contributed by atoms with Crippen LogP contribution >= 0.6 is 0 Å². The minimum atomic E-state index is 0.478. The second kappa shape index (κ2) is 17.1. The van der Waals surface area contributed by atoms with Crippen LogP contribution in [0.3, 0.4) is 0 Å². The van der Waals surface area contributed by atoms with Gasteiger partial charge in [-0.3, -0.25) is 9.80 Å². The van der Waals surface area contributed by atoms with Crippen LogP contribution < -0.4 is 9.80 Å². The number of nitrogens with zero attached hydrogens (tertiary/aromatic N) is 6.